The van der Waals surface area contributed by atoms with Gasteiger partial charge in [0.2, 0.25) is 0 Å². The second-order valence-electron chi connectivity index (χ2n) is 8.50. The van der Waals surface area contributed by atoms with E-state index < -0.39 is 5.97 Å². The smallest absolute Gasteiger partial charge is 0.337 e. The summed E-state index contributed by atoms with van der Waals surface area (Å²) >= 11 is 0. The van der Waals surface area contributed by atoms with Crippen molar-refractivity contribution in [3.63, 3.8) is 0 Å². The Morgan fingerprint density at radius 3 is 2.38 bits per heavy atom. The van der Waals surface area contributed by atoms with E-state index in [9.17, 15) is 9.90 Å². The molecule has 1 atom stereocenters. The van der Waals surface area contributed by atoms with Crippen LogP contribution in [0.2, 0.25) is 0 Å². The van der Waals surface area contributed by atoms with Gasteiger partial charge in [-0.05, 0) is 58.1 Å². The van der Waals surface area contributed by atoms with Crippen molar-refractivity contribution in [2.75, 3.05) is 0 Å². The van der Waals surface area contributed by atoms with Gasteiger partial charge in [0, 0.05) is 6.21 Å². The number of para-hydroxylation sites is 1. The van der Waals surface area contributed by atoms with Crippen LogP contribution in [0.1, 0.15) is 67.2 Å². The van der Waals surface area contributed by atoms with Gasteiger partial charge in [0.1, 0.15) is 0 Å². The molecule has 0 aromatic heterocycles. The zero-order valence-corrected chi connectivity index (χ0v) is 16.4. The van der Waals surface area contributed by atoms with Crippen molar-refractivity contribution in [2.24, 2.45) is 10.9 Å². The third kappa shape index (κ3) is 2.76. The number of aromatic carboxylic acids is 1. The predicted molar refractivity (Wildman–Crippen MR) is 107 cm³/mol. The molecule has 0 bridgehead atoms. The van der Waals surface area contributed by atoms with Crippen LogP contribution in [-0.4, -0.2) is 17.3 Å². The highest BCUT2D eigenvalue weighted by Gasteiger charge is 2.48. The summed E-state index contributed by atoms with van der Waals surface area (Å²) in [5.74, 6) is -0.418. The zero-order valence-electron chi connectivity index (χ0n) is 16.4. The summed E-state index contributed by atoms with van der Waals surface area (Å²) in [5, 5.41) is 9.40. The van der Waals surface area contributed by atoms with Crippen molar-refractivity contribution in [2.45, 2.75) is 52.4 Å². The Labute approximate surface area is 155 Å². The van der Waals surface area contributed by atoms with E-state index in [0.29, 0.717) is 11.6 Å². The van der Waals surface area contributed by atoms with Gasteiger partial charge in [-0.25, -0.2) is 4.79 Å². The maximum atomic E-state index is 11.5. The van der Waals surface area contributed by atoms with E-state index in [0.717, 1.165) is 11.1 Å². The van der Waals surface area contributed by atoms with Crippen molar-refractivity contribution in [1.82, 2.24) is 0 Å². The molecule has 0 fully saturated rings. The highest BCUT2D eigenvalue weighted by Crippen LogP contribution is 2.53. The Hall–Kier alpha value is -2.42. The molecule has 1 aliphatic rings. The van der Waals surface area contributed by atoms with E-state index in [1.165, 1.54) is 11.1 Å². The van der Waals surface area contributed by atoms with E-state index in [1.807, 2.05) is 13.0 Å². The molecule has 136 valence electrons. The minimum Gasteiger partial charge on any atom is -0.478 e. The van der Waals surface area contributed by atoms with Crippen LogP contribution >= 0.6 is 0 Å². The first-order valence-electron chi connectivity index (χ1n) is 9.08. The highest BCUT2D eigenvalue weighted by atomic mass is 16.4. The number of carboxylic acids is 1. The molecule has 0 saturated carbocycles. The Balaban J connectivity index is 2.04. The number of aryl methyl sites for hydroxylation is 1. The fourth-order valence-electron chi connectivity index (χ4n) is 4.25. The van der Waals surface area contributed by atoms with E-state index in [4.69, 9.17) is 0 Å². The standard InChI is InChI=1S/C23H27NO2/c1-14-8-7-9-17(21(25)26)20(14)24-13-16-10-11-18-19(12-16)23(5,6)15(2)22(18,3)4/h7-13,15H,1-6H3,(H,25,26). The molecular formula is C23H27NO2. The van der Waals surface area contributed by atoms with Crippen LogP contribution in [0.5, 0.6) is 0 Å². The van der Waals surface area contributed by atoms with Crippen LogP contribution < -0.4 is 0 Å². The van der Waals surface area contributed by atoms with Crippen molar-refractivity contribution < 1.29 is 9.90 Å². The summed E-state index contributed by atoms with van der Waals surface area (Å²) in [4.78, 5) is 16.0. The van der Waals surface area contributed by atoms with E-state index in [2.05, 4.69) is 57.8 Å². The molecule has 1 unspecified atom stereocenters. The summed E-state index contributed by atoms with van der Waals surface area (Å²) in [7, 11) is 0. The Morgan fingerprint density at radius 2 is 1.73 bits per heavy atom. The number of hydrogen-bond acceptors (Lipinski definition) is 2. The number of rotatable bonds is 3. The maximum Gasteiger partial charge on any atom is 0.337 e. The highest BCUT2D eigenvalue weighted by molar-refractivity contribution is 5.96. The van der Waals surface area contributed by atoms with Gasteiger partial charge in [-0.15, -0.1) is 0 Å². The largest absolute Gasteiger partial charge is 0.478 e. The summed E-state index contributed by atoms with van der Waals surface area (Å²) < 4.78 is 0. The van der Waals surface area contributed by atoms with Crippen LogP contribution in [0.25, 0.3) is 0 Å². The topological polar surface area (TPSA) is 49.7 Å². The van der Waals surface area contributed by atoms with Gasteiger partial charge in [-0.3, -0.25) is 4.99 Å². The first-order chi connectivity index (χ1) is 12.1. The van der Waals surface area contributed by atoms with Gasteiger partial charge in [0.05, 0.1) is 11.3 Å². The number of benzene rings is 2. The van der Waals surface area contributed by atoms with Crippen molar-refractivity contribution >= 4 is 17.9 Å². The monoisotopic (exact) mass is 349 g/mol. The molecule has 0 saturated heterocycles. The van der Waals surface area contributed by atoms with Gasteiger partial charge in [0.25, 0.3) is 0 Å². The summed E-state index contributed by atoms with van der Waals surface area (Å²) in [6.45, 7) is 13.4. The molecule has 0 amide bonds. The maximum absolute atomic E-state index is 11.5. The second-order valence-corrected chi connectivity index (χ2v) is 8.50. The fourth-order valence-corrected chi connectivity index (χ4v) is 4.25. The van der Waals surface area contributed by atoms with Crippen molar-refractivity contribution in [3.05, 3.63) is 64.2 Å². The third-order valence-electron chi connectivity index (χ3n) is 6.41. The molecule has 2 aromatic rings. The molecule has 1 aliphatic carbocycles. The van der Waals surface area contributed by atoms with Crippen molar-refractivity contribution in [3.8, 4) is 0 Å². The van der Waals surface area contributed by atoms with Crippen molar-refractivity contribution in [1.29, 1.82) is 0 Å². The average Bonchev–Trinajstić information content (AvgIpc) is 2.71. The molecule has 0 spiro atoms. The lowest BCUT2D eigenvalue weighted by atomic mass is 9.71. The number of nitrogens with zero attached hydrogens (tertiary/aromatic N) is 1. The van der Waals surface area contributed by atoms with Gasteiger partial charge in [-0.2, -0.15) is 0 Å². The number of fused-ring (bicyclic) bond motifs is 1. The molecule has 26 heavy (non-hydrogen) atoms. The average molecular weight is 349 g/mol. The van der Waals surface area contributed by atoms with Gasteiger partial charge >= 0.3 is 5.97 Å². The SMILES string of the molecule is Cc1cccc(C(=O)O)c1N=Cc1ccc2c(c1)C(C)(C)C(C)C2(C)C. The van der Waals surface area contributed by atoms with E-state index in [1.54, 1.807) is 18.3 Å². The Bertz CT molecular complexity index is 906. The van der Waals surface area contributed by atoms with E-state index in [-0.39, 0.29) is 16.4 Å². The molecule has 3 rings (SSSR count). The second kappa shape index (κ2) is 6.08. The number of carbonyl (C=O) groups is 1. The molecule has 3 nitrogen and oxygen atoms in total. The van der Waals surface area contributed by atoms with Gasteiger partial charge in [-0.1, -0.05) is 58.9 Å². The van der Waals surface area contributed by atoms with Gasteiger partial charge in [0.15, 0.2) is 0 Å². The summed E-state index contributed by atoms with van der Waals surface area (Å²) in [5.41, 5.74) is 5.61. The van der Waals surface area contributed by atoms with Crippen LogP contribution in [-0.2, 0) is 10.8 Å². The number of carboxylic acid groups (broad SMARTS) is 1. The normalized spacial score (nSPS) is 20.3. The van der Waals surface area contributed by atoms with Crippen LogP contribution in [0.3, 0.4) is 0 Å². The first kappa shape index (κ1) is 18.4. The Kier molecular flexibility index (Phi) is 4.30. The molecule has 0 aliphatic heterocycles. The van der Waals surface area contributed by atoms with E-state index >= 15 is 0 Å². The summed E-state index contributed by atoms with van der Waals surface area (Å²) in [6.07, 6.45) is 1.78. The molecular weight excluding hydrogens is 322 g/mol. The first-order valence-corrected chi connectivity index (χ1v) is 9.08. The fraction of sp³-hybridized carbons (Fsp3) is 0.391. The Morgan fingerprint density at radius 1 is 1.08 bits per heavy atom. The third-order valence-corrected chi connectivity index (χ3v) is 6.41. The van der Waals surface area contributed by atoms with Gasteiger partial charge < -0.3 is 5.11 Å². The molecule has 0 radical (unpaired) electrons. The van der Waals surface area contributed by atoms with Crippen LogP contribution in [0.4, 0.5) is 5.69 Å². The number of hydrogen-bond donors (Lipinski definition) is 1. The number of aliphatic imine (C=N–C) groups is 1. The predicted octanol–water partition coefficient (Wildman–Crippen LogP) is 5.65. The lowest BCUT2D eigenvalue weighted by Gasteiger charge is -2.32. The molecule has 3 heteroatoms. The zero-order chi connectivity index (χ0) is 19.3. The molecule has 2 aromatic carbocycles. The molecule has 1 N–H and O–H groups in total. The minimum atomic E-state index is -0.952. The lowest BCUT2D eigenvalue weighted by Crippen LogP contribution is -2.30. The summed E-state index contributed by atoms with van der Waals surface area (Å²) in [6, 6.07) is 11.7. The minimum absolute atomic E-state index is 0.0948. The van der Waals surface area contributed by atoms with Crippen LogP contribution in [0.15, 0.2) is 41.4 Å². The quantitative estimate of drug-likeness (QED) is 0.728. The van der Waals surface area contributed by atoms with Crippen LogP contribution in [0, 0.1) is 12.8 Å². The lowest BCUT2D eigenvalue weighted by molar-refractivity contribution is 0.0697. The molecule has 0 heterocycles.